The highest BCUT2D eigenvalue weighted by atomic mass is 16.5. The van der Waals surface area contributed by atoms with E-state index in [0.717, 1.165) is 37.9 Å². The van der Waals surface area contributed by atoms with Gasteiger partial charge in [0, 0.05) is 31.8 Å². The first-order valence-electron chi connectivity index (χ1n) is 9.25. The van der Waals surface area contributed by atoms with Crippen molar-refractivity contribution in [3.63, 3.8) is 0 Å². The molecule has 5 nitrogen and oxygen atoms in total. The Morgan fingerprint density at radius 2 is 1.76 bits per heavy atom. The second kappa shape index (κ2) is 9.56. The summed E-state index contributed by atoms with van der Waals surface area (Å²) in [5.74, 6) is 0.554. The van der Waals surface area contributed by atoms with E-state index < -0.39 is 6.10 Å². The highest BCUT2D eigenvalue weighted by molar-refractivity contribution is 5.94. The van der Waals surface area contributed by atoms with Gasteiger partial charge in [-0.3, -0.25) is 9.59 Å². The van der Waals surface area contributed by atoms with E-state index in [9.17, 15) is 9.59 Å². The van der Waals surface area contributed by atoms with Crippen LogP contribution in [0.25, 0.3) is 0 Å². The van der Waals surface area contributed by atoms with Gasteiger partial charge >= 0.3 is 0 Å². The molecule has 0 saturated carbocycles. The summed E-state index contributed by atoms with van der Waals surface area (Å²) >= 11 is 0. The van der Waals surface area contributed by atoms with Gasteiger partial charge in [-0.25, -0.2) is 0 Å². The number of hydrogen-bond acceptors (Lipinski definition) is 3. The van der Waals surface area contributed by atoms with Gasteiger partial charge in [-0.2, -0.15) is 0 Å². The molecule has 138 valence electrons. The molecular formula is C20H30N2O3. The largest absolute Gasteiger partial charge is 0.369 e. The number of benzene rings is 1. The van der Waals surface area contributed by atoms with Crippen LogP contribution >= 0.6 is 0 Å². The van der Waals surface area contributed by atoms with Gasteiger partial charge in [0.1, 0.15) is 6.10 Å². The minimum atomic E-state index is -0.449. The Bertz CT molecular complexity index is 563. The maximum absolute atomic E-state index is 12.3. The lowest BCUT2D eigenvalue weighted by Gasteiger charge is -2.16. The Morgan fingerprint density at radius 1 is 1.12 bits per heavy atom. The first-order valence-corrected chi connectivity index (χ1v) is 9.25. The number of rotatable bonds is 8. The van der Waals surface area contributed by atoms with Crippen LogP contribution in [0, 0.1) is 5.92 Å². The van der Waals surface area contributed by atoms with Crippen molar-refractivity contribution >= 4 is 11.8 Å². The molecule has 1 aliphatic rings. The molecular weight excluding hydrogens is 316 g/mol. The zero-order chi connectivity index (χ0) is 18.2. The van der Waals surface area contributed by atoms with Crippen LogP contribution in [-0.4, -0.2) is 42.5 Å². The summed E-state index contributed by atoms with van der Waals surface area (Å²) < 4.78 is 5.55. The van der Waals surface area contributed by atoms with Crippen molar-refractivity contribution in [2.45, 2.75) is 52.7 Å². The molecule has 1 aromatic carbocycles. The highest BCUT2D eigenvalue weighted by Crippen LogP contribution is 2.13. The van der Waals surface area contributed by atoms with E-state index in [0.29, 0.717) is 24.6 Å². The van der Waals surface area contributed by atoms with Gasteiger partial charge in [0.15, 0.2) is 0 Å². The topological polar surface area (TPSA) is 58.6 Å². The first kappa shape index (κ1) is 19.4. The van der Waals surface area contributed by atoms with Crippen molar-refractivity contribution in [1.29, 1.82) is 0 Å². The predicted molar refractivity (Wildman–Crippen MR) is 98.3 cm³/mol. The van der Waals surface area contributed by atoms with Crippen LogP contribution in [-0.2, 0) is 16.1 Å². The molecule has 2 amide bonds. The number of ether oxygens (including phenoxy) is 1. The van der Waals surface area contributed by atoms with Crippen molar-refractivity contribution in [1.82, 2.24) is 10.2 Å². The van der Waals surface area contributed by atoms with Crippen LogP contribution in [0.3, 0.4) is 0 Å². The summed E-state index contributed by atoms with van der Waals surface area (Å²) in [7, 11) is 0. The van der Waals surface area contributed by atoms with Gasteiger partial charge in [-0.15, -0.1) is 0 Å². The van der Waals surface area contributed by atoms with Gasteiger partial charge < -0.3 is 15.0 Å². The lowest BCUT2D eigenvalue weighted by molar-refractivity contribution is -0.132. The second-order valence-corrected chi connectivity index (χ2v) is 7.11. The van der Waals surface area contributed by atoms with Crippen molar-refractivity contribution < 1.29 is 14.3 Å². The third-order valence-electron chi connectivity index (χ3n) is 4.49. The number of nitrogens with one attached hydrogen (secondary N) is 1. The van der Waals surface area contributed by atoms with Gasteiger partial charge in [0.05, 0.1) is 0 Å². The van der Waals surface area contributed by atoms with Crippen LogP contribution in [0.5, 0.6) is 0 Å². The first-order chi connectivity index (χ1) is 12.0. The minimum absolute atomic E-state index is 0.0975. The summed E-state index contributed by atoms with van der Waals surface area (Å²) in [5.41, 5.74) is 1.68. The molecule has 1 atom stereocenters. The molecule has 1 aromatic rings. The number of likely N-dealkylation sites (tertiary alicyclic amines) is 1. The van der Waals surface area contributed by atoms with E-state index in [1.54, 1.807) is 6.92 Å². The van der Waals surface area contributed by atoms with E-state index in [-0.39, 0.29) is 11.8 Å². The molecule has 0 aromatic heterocycles. The van der Waals surface area contributed by atoms with Crippen LogP contribution in [0.4, 0.5) is 0 Å². The number of carbonyl (C=O) groups is 2. The van der Waals surface area contributed by atoms with Crippen LogP contribution in [0.15, 0.2) is 24.3 Å². The molecule has 0 radical (unpaired) electrons. The summed E-state index contributed by atoms with van der Waals surface area (Å²) in [6.07, 6.45) is 2.68. The normalized spacial score (nSPS) is 15.4. The Hall–Kier alpha value is -1.88. The molecule has 1 unspecified atom stereocenters. The molecule has 1 heterocycles. The zero-order valence-corrected chi connectivity index (χ0v) is 15.6. The monoisotopic (exact) mass is 346 g/mol. The molecule has 25 heavy (non-hydrogen) atoms. The van der Waals surface area contributed by atoms with E-state index in [4.69, 9.17) is 4.74 Å². The quantitative estimate of drug-likeness (QED) is 0.787. The van der Waals surface area contributed by atoms with E-state index in [1.807, 2.05) is 29.2 Å². The summed E-state index contributed by atoms with van der Waals surface area (Å²) in [5, 5.41) is 2.88. The lowest BCUT2D eigenvalue weighted by atomic mass is 10.1. The average molecular weight is 346 g/mol. The van der Waals surface area contributed by atoms with E-state index in [2.05, 4.69) is 19.2 Å². The van der Waals surface area contributed by atoms with Crippen LogP contribution in [0.1, 0.15) is 56.0 Å². The minimum Gasteiger partial charge on any atom is -0.369 e. The van der Waals surface area contributed by atoms with Gasteiger partial charge in [0.2, 0.25) is 5.91 Å². The molecule has 2 rings (SSSR count). The Labute approximate surface area is 150 Å². The summed E-state index contributed by atoms with van der Waals surface area (Å²) in [6.45, 7) is 8.77. The lowest BCUT2D eigenvalue weighted by Crippen LogP contribution is -2.34. The van der Waals surface area contributed by atoms with Crippen molar-refractivity contribution in [3.05, 3.63) is 35.4 Å². The fraction of sp³-hybridized carbons (Fsp3) is 0.600. The molecule has 1 fully saturated rings. The highest BCUT2D eigenvalue weighted by Gasteiger charge is 2.19. The van der Waals surface area contributed by atoms with Crippen LogP contribution in [0.2, 0.25) is 0 Å². The molecule has 1 aliphatic heterocycles. The zero-order valence-electron chi connectivity index (χ0n) is 15.6. The Morgan fingerprint density at radius 3 is 2.36 bits per heavy atom. The Kier molecular flexibility index (Phi) is 7.44. The fourth-order valence-electron chi connectivity index (χ4n) is 2.76. The maximum Gasteiger partial charge on any atom is 0.253 e. The fourth-order valence-corrected chi connectivity index (χ4v) is 2.76. The molecule has 0 bridgehead atoms. The Balaban J connectivity index is 1.77. The smallest absolute Gasteiger partial charge is 0.253 e. The molecule has 1 N–H and O–H groups in total. The second-order valence-electron chi connectivity index (χ2n) is 7.11. The predicted octanol–water partition coefficient (Wildman–Crippen LogP) is 2.99. The van der Waals surface area contributed by atoms with Crippen molar-refractivity contribution in [2.75, 3.05) is 19.7 Å². The third kappa shape index (κ3) is 6.16. The van der Waals surface area contributed by atoms with Crippen molar-refractivity contribution in [2.24, 2.45) is 5.92 Å². The molecule has 1 saturated heterocycles. The number of carbonyl (C=O) groups excluding carboxylic acids is 2. The summed E-state index contributed by atoms with van der Waals surface area (Å²) in [4.78, 5) is 26.2. The van der Waals surface area contributed by atoms with Crippen molar-refractivity contribution in [3.8, 4) is 0 Å². The van der Waals surface area contributed by atoms with Gasteiger partial charge in [0.25, 0.3) is 5.91 Å². The SMILES string of the molecule is CC(C)CCOC(C)C(=O)NCc1ccc(C(=O)N2CCCC2)cc1. The molecule has 5 heteroatoms. The van der Waals surface area contributed by atoms with E-state index in [1.165, 1.54) is 0 Å². The summed E-state index contributed by atoms with van der Waals surface area (Å²) in [6, 6.07) is 7.47. The van der Waals surface area contributed by atoms with Crippen LogP contribution < -0.4 is 5.32 Å². The molecule has 0 spiro atoms. The third-order valence-corrected chi connectivity index (χ3v) is 4.49. The van der Waals surface area contributed by atoms with Gasteiger partial charge in [-0.05, 0) is 49.8 Å². The average Bonchev–Trinajstić information content (AvgIpc) is 3.13. The number of hydrogen-bond donors (Lipinski definition) is 1. The number of nitrogens with zero attached hydrogens (tertiary/aromatic N) is 1. The standard InChI is InChI=1S/C20H30N2O3/c1-15(2)10-13-25-16(3)19(23)21-14-17-6-8-18(9-7-17)20(24)22-11-4-5-12-22/h6-9,15-16H,4-5,10-14H2,1-3H3,(H,21,23). The maximum atomic E-state index is 12.3. The van der Waals surface area contributed by atoms with Gasteiger partial charge in [-0.1, -0.05) is 26.0 Å². The molecule has 0 aliphatic carbocycles. The van der Waals surface area contributed by atoms with E-state index >= 15 is 0 Å². The number of amides is 2.